The lowest BCUT2D eigenvalue weighted by Gasteiger charge is -2.06. The summed E-state index contributed by atoms with van der Waals surface area (Å²) in [6.45, 7) is 1.33. The summed E-state index contributed by atoms with van der Waals surface area (Å²) in [4.78, 5) is 19.3. The lowest BCUT2D eigenvalue weighted by Crippen LogP contribution is -2.27. The number of carboxylic acids is 2. The summed E-state index contributed by atoms with van der Waals surface area (Å²) in [7, 11) is 0. The standard InChI is InChI=1S/C6H7ClO4/c1-5(3(8)9)2-6(5,7)4(10)11/h2H2,1H3,(H,8,9)(H,10,11)/t5-,6-/m0/s1. The van der Waals surface area contributed by atoms with Crippen LogP contribution in [0.25, 0.3) is 0 Å². The quantitative estimate of drug-likeness (QED) is 0.606. The van der Waals surface area contributed by atoms with Gasteiger partial charge in [-0.2, -0.15) is 0 Å². The summed E-state index contributed by atoms with van der Waals surface area (Å²) >= 11 is 5.50. The lowest BCUT2D eigenvalue weighted by molar-refractivity contribution is -0.147. The molecule has 0 aromatic heterocycles. The minimum Gasteiger partial charge on any atom is -0.481 e. The molecule has 5 heteroatoms. The molecule has 0 bridgehead atoms. The molecule has 2 N–H and O–H groups in total. The van der Waals surface area contributed by atoms with Gasteiger partial charge in [0.25, 0.3) is 0 Å². The van der Waals surface area contributed by atoms with E-state index in [0.717, 1.165) is 0 Å². The Bertz CT molecular complexity index is 215. The Morgan fingerprint density at radius 1 is 1.36 bits per heavy atom. The lowest BCUT2D eigenvalue weighted by atomic mass is 10.1. The second kappa shape index (κ2) is 1.88. The van der Waals surface area contributed by atoms with Crippen LogP contribution in [0.4, 0.5) is 0 Å². The second-order valence-corrected chi connectivity index (χ2v) is 3.57. The zero-order valence-electron chi connectivity index (χ0n) is 5.80. The third-order valence-corrected chi connectivity index (χ3v) is 2.87. The van der Waals surface area contributed by atoms with Crippen molar-refractivity contribution in [1.29, 1.82) is 0 Å². The Balaban J connectivity index is 2.87. The number of halogens is 1. The average Bonchev–Trinajstić information content (AvgIpc) is 2.39. The molecule has 0 unspecified atom stereocenters. The van der Waals surface area contributed by atoms with Gasteiger partial charge in [0.2, 0.25) is 0 Å². The van der Waals surface area contributed by atoms with Crippen LogP contribution in [0.5, 0.6) is 0 Å². The molecule has 0 amide bonds. The first-order valence-corrected chi connectivity index (χ1v) is 3.38. The van der Waals surface area contributed by atoms with Crippen LogP contribution in [0.1, 0.15) is 13.3 Å². The van der Waals surface area contributed by atoms with E-state index in [0.29, 0.717) is 0 Å². The van der Waals surface area contributed by atoms with Gasteiger partial charge in [0.1, 0.15) is 0 Å². The Morgan fingerprint density at radius 3 is 1.91 bits per heavy atom. The highest BCUT2D eigenvalue weighted by atomic mass is 35.5. The molecule has 0 aromatic carbocycles. The van der Waals surface area contributed by atoms with E-state index in [2.05, 4.69) is 0 Å². The van der Waals surface area contributed by atoms with Gasteiger partial charge in [-0.25, -0.2) is 0 Å². The van der Waals surface area contributed by atoms with Crippen LogP contribution in [-0.4, -0.2) is 27.0 Å². The minimum atomic E-state index is -1.58. The van der Waals surface area contributed by atoms with Crippen molar-refractivity contribution < 1.29 is 19.8 Å². The molecule has 1 saturated carbocycles. The van der Waals surface area contributed by atoms with Crippen molar-refractivity contribution in [1.82, 2.24) is 0 Å². The van der Waals surface area contributed by atoms with E-state index in [1.807, 2.05) is 0 Å². The number of aliphatic carboxylic acids is 2. The first-order chi connectivity index (χ1) is 4.84. The molecular formula is C6H7ClO4. The van der Waals surface area contributed by atoms with E-state index in [9.17, 15) is 9.59 Å². The summed E-state index contributed by atoms with van der Waals surface area (Å²) in [5, 5.41) is 17.1. The van der Waals surface area contributed by atoms with E-state index in [1.165, 1.54) is 6.92 Å². The highest BCUT2D eigenvalue weighted by Gasteiger charge is 2.74. The van der Waals surface area contributed by atoms with E-state index in [1.54, 1.807) is 0 Å². The van der Waals surface area contributed by atoms with Crippen LogP contribution in [0.3, 0.4) is 0 Å². The Kier molecular flexibility index (Phi) is 1.42. The third-order valence-electron chi connectivity index (χ3n) is 2.16. The smallest absolute Gasteiger partial charge is 0.325 e. The predicted molar refractivity (Wildman–Crippen MR) is 36.6 cm³/mol. The van der Waals surface area contributed by atoms with Gasteiger partial charge in [-0.05, 0) is 13.3 Å². The van der Waals surface area contributed by atoms with E-state index in [4.69, 9.17) is 21.8 Å². The fourth-order valence-corrected chi connectivity index (χ4v) is 1.35. The van der Waals surface area contributed by atoms with Crippen molar-refractivity contribution >= 4 is 23.5 Å². The molecule has 1 aliphatic rings. The fourth-order valence-electron chi connectivity index (χ4n) is 1.000. The molecule has 0 heterocycles. The predicted octanol–water partition coefficient (Wildman–Crippen LogP) is 0.543. The zero-order chi connectivity index (χ0) is 8.86. The fraction of sp³-hybridized carbons (Fsp3) is 0.667. The molecule has 0 spiro atoms. The number of carboxylic acid groups (broad SMARTS) is 2. The molecule has 0 aromatic rings. The SMILES string of the molecule is C[C@@]1(C(=O)O)C[C@]1(Cl)C(=O)O. The number of rotatable bonds is 2. The topological polar surface area (TPSA) is 74.6 Å². The average molecular weight is 179 g/mol. The molecule has 4 nitrogen and oxygen atoms in total. The highest BCUT2D eigenvalue weighted by Crippen LogP contribution is 2.61. The van der Waals surface area contributed by atoms with Gasteiger partial charge in [-0.15, -0.1) is 11.6 Å². The number of hydrogen-bond acceptors (Lipinski definition) is 2. The van der Waals surface area contributed by atoms with E-state index >= 15 is 0 Å². The van der Waals surface area contributed by atoms with Crippen molar-refractivity contribution in [3.63, 3.8) is 0 Å². The van der Waals surface area contributed by atoms with Gasteiger partial charge in [0, 0.05) is 0 Å². The highest BCUT2D eigenvalue weighted by molar-refractivity contribution is 6.39. The van der Waals surface area contributed by atoms with Crippen molar-refractivity contribution in [2.45, 2.75) is 18.2 Å². The van der Waals surface area contributed by atoms with Gasteiger partial charge >= 0.3 is 11.9 Å². The van der Waals surface area contributed by atoms with Crippen molar-refractivity contribution in [3.8, 4) is 0 Å². The van der Waals surface area contributed by atoms with Crippen molar-refractivity contribution in [2.24, 2.45) is 5.41 Å². The molecular weight excluding hydrogens is 172 g/mol. The van der Waals surface area contributed by atoms with Gasteiger partial charge < -0.3 is 10.2 Å². The second-order valence-electron chi connectivity index (χ2n) is 2.92. The van der Waals surface area contributed by atoms with E-state index in [-0.39, 0.29) is 6.42 Å². The van der Waals surface area contributed by atoms with Crippen LogP contribution in [0.2, 0.25) is 0 Å². The van der Waals surface area contributed by atoms with Crippen LogP contribution in [0, 0.1) is 5.41 Å². The monoisotopic (exact) mass is 178 g/mol. The van der Waals surface area contributed by atoms with Crippen molar-refractivity contribution in [3.05, 3.63) is 0 Å². The maximum atomic E-state index is 10.5. The maximum Gasteiger partial charge on any atom is 0.325 e. The number of carbonyl (C=O) groups is 2. The van der Waals surface area contributed by atoms with Crippen LogP contribution >= 0.6 is 11.6 Å². The summed E-state index contributed by atoms with van der Waals surface area (Å²) in [6.07, 6.45) is -0.00772. The summed E-state index contributed by atoms with van der Waals surface area (Å²) in [5.74, 6) is -2.42. The molecule has 1 fully saturated rings. The Labute approximate surface area is 67.8 Å². The van der Waals surface area contributed by atoms with E-state index < -0.39 is 22.2 Å². The van der Waals surface area contributed by atoms with Crippen LogP contribution in [-0.2, 0) is 9.59 Å². The molecule has 2 atom stereocenters. The van der Waals surface area contributed by atoms with Gasteiger partial charge in [-0.3, -0.25) is 9.59 Å². The number of hydrogen-bond donors (Lipinski definition) is 2. The normalized spacial score (nSPS) is 41.6. The zero-order valence-corrected chi connectivity index (χ0v) is 6.55. The Hall–Kier alpha value is -0.770. The molecule has 11 heavy (non-hydrogen) atoms. The molecule has 0 aliphatic heterocycles. The summed E-state index contributed by atoms with van der Waals surface area (Å²) in [6, 6.07) is 0. The molecule has 0 saturated heterocycles. The molecule has 1 aliphatic carbocycles. The molecule has 0 radical (unpaired) electrons. The maximum absolute atomic E-state index is 10.5. The molecule has 1 rings (SSSR count). The summed E-state index contributed by atoms with van der Waals surface area (Å²) < 4.78 is 0. The van der Waals surface area contributed by atoms with Gasteiger partial charge in [0.15, 0.2) is 4.87 Å². The van der Waals surface area contributed by atoms with Crippen LogP contribution in [0.15, 0.2) is 0 Å². The minimum absolute atomic E-state index is 0.00772. The Morgan fingerprint density at radius 2 is 1.82 bits per heavy atom. The van der Waals surface area contributed by atoms with Crippen molar-refractivity contribution in [2.75, 3.05) is 0 Å². The van der Waals surface area contributed by atoms with Gasteiger partial charge in [0.05, 0.1) is 5.41 Å². The number of alkyl halides is 1. The first kappa shape index (κ1) is 8.33. The molecule has 62 valence electrons. The van der Waals surface area contributed by atoms with Gasteiger partial charge in [-0.1, -0.05) is 0 Å². The first-order valence-electron chi connectivity index (χ1n) is 3.00. The van der Waals surface area contributed by atoms with Crippen LogP contribution < -0.4 is 0 Å². The largest absolute Gasteiger partial charge is 0.481 e. The summed E-state index contributed by atoms with van der Waals surface area (Å²) in [5.41, 5.74) is -1.29. The third kappa shape index (κ3) is 0.822.